The van der Waals surface area contributed by atoms with Crippen molar-refractivity contribution in [3.8, 4) is 0 Å². The number of hydrogen-bond donors (Lipinski definition) is 0. The van der Waals surface area contributed by atoms with E-state index in [1.165, 1.54) is 4.70 Å². The van der Waals surface area contributed by atoms with Crippen molar-refractivity contribution in [1.29, 1.82) is 0 Å². The second kappa shape index (κ2) is 6.54. The second-order valence-corrected chi connectivity index (χ2v) is 7.11. The number of aromatic nitrogens is 2. The van der Waals surface area contributed by atoms with E-state index in [1.54, 1.807) is 22.4 Å². The van der Waals surface area contributed by atoms with Gasteiger partial charge in [0.2, 0.25) is 0 Å². The highest BCUT2D eigenvalue weighted by Gasteiger charge is 2.16. The number of rotatable bonds is 5. The van der Waals surface area contributed by atoms with Crippen LogP contribution in [0.15, 0.2) is 42.9 Å². The molecule has 0 aliphatic heterocycles. The number of nitrogens with zero attached hydrogens (tertiary/aromatic N) is 3. The summed E-state index contributed by atoms with van der Waals surface area (Å²) >= 11 is 1.57. The molecule has 120 valence electrons. The molecule has 3 rings (SSSR count). The number of amides is 1. The fourth-order valence-corrected chi connectivity index (χ4v) is 3.55. The van der Waals surface area contributed by atoms with Crippen LogP contribution >= 0.6 is 11.3 Å². The molecule has 0 unspecified atom stereocenters. The molecular formula is C18H21N3OS. The number of hydrogen-bond acceptors (Lipinski definition) is 3. The van der Waals surface area contributed by atoms with Gasteiger partial charge < -0.3 is 9.47 Å². The maximum Gasteiger partial charge on any atom is 0.263 e. The number of likely N-dealkylation sites (N-methyl/N-ethyl adjacent to an activating group) is 1. The first-order valence-electron chi connectivity index (χ1n) is 7.81. The van der Waals surface area contributed by atoms with E-state index >= 15 is 0 Å². The van der Waals surface area contributed by atoms with Crippen LogP contribution in [-0.4, -0.2) is 34.0 Å². The van der Waals surface area contributed by atoms with Gasteiger partial charge in [-0.25, -0.2) is 0 Å². The van der Waals surface area contributed by atoms with Crippen molar-refractivity contribution in [2.45, 2.75) is 26.3 Å². The Bertz CT molecular complexity index is 773. The largest absolute Gasteiger partial charge is 0.350 e. The molecule has 1 amide bonds. The predicted molar refractivity (Wildman–Crippen MR) is 95.1 cm³/mol. The minimum Gasteiger partial charge on any atom is -0.350 e. The van der Waals surface area contributed by atoms with E-state index in [1.807, 2.05) is 31.3 Å². The summed E-state index contributed by atoms with van der Waals surface area (Å²) in [6, 6.07) is 8.30. The van der Waals surface area contributed by atoms with Gasteiger partial charge in [-0.15, -0.1) is 11.3 Å². The van der Waals surface area contributed by atoms with Crippen LogP contribution in [0.4, 0.5) is 0 Å². The van der Waals surface area contributed by atoms with E-state index in [9.17, 15) is 4.79 Å². The van der Waals surface area contributed by atoms with E-state index in [0.717, 1.165) is 22.4 Å². The van der Waals surface area contributed by atoms with Crippen LogP contribution in [0.3, 0.4) is 0 Å². The quantitative estimate of drug-likeness (QED) is 0.710. The third kappa shape index (κ3) is 3.45. The molecule has 0 spiro atoms. The lowest BCUT2D eigenvalue weighted by molar-refractivity contribution is 0.0801. The summed E-state index contributed by atoms with van der Waals surface area (Å²) < 4.78 is 3.35. The topological polar surface area (TPSA) is 38.1 Å². The molecule has 0 aromatic carbocycles. The predicted octanol–water partition coefficient (Wildman–Crippen LogP) is 3.99. The first-order valence-corrected chi connectivity index (χ1v) is 8.62. The fraction of sp³-hybridized carbons (Fsp3) is 0.333. The number of carbonyl (C=O) groups excluding carboxylic acids is 1. The Hall–Kier alpha value is -2.14. The normalized spacial score (nSPS) is 11.3. The summed E-state index contributed by atoms with van der Waals surface area (Å²) in [6.45, 7) is 4.98. The van der Waals surface area contributed by atoms with Gasteiger partial charge >= 0.3 is 0 Å². The van der Waals surface area contributed by atoms with Crippen molar-refractivity contribution in [1.82, 2.24) is 14.5 Å². The Morgan fingerprint density at radius 2 is 2.17 bits per heavy atom. The molecule has 0 saturated heterocycles. The first kappa shape index (κ1) is 15.7. The van der Waals surface area contributed by atoms with Gasteiger partial charge in [-0.1, -0.05) is 6.07 Å². The highest BCUT2D eigenvalue weighted by Crippen LogP contribution is 2.28. The van der Waals surface area contributed by atoms with Crippen molar-refractivity contribution >= 4 is 27.3 Å². The molecule has 4 nitrogen and oxygen atoms in total. The summed E-state index contributed by atoms with van der Waals surface area (Å²) in [5, 5.41) is 1.14. The highest BCUT2D eigenvalue weighted by molar-refractivity contribution is 7.20. The van der Waals surface area contributed by atoms with Crippen molar-refractivity contribution in [3.05, 3.63) is 53.4 Å². The van der Waals surface area contributed by atoms with Gasteiger partial charge in [0, 0.05) is 55.7 Å². The van der Waals surface area contributed by atoms with E-state index in [2.05, 4.69) is 35.8 Å². The average Bonchev–Trinajstić information content (AvgIpc) is 3.11. The molecule has 0 aliphatic carbocycles. The van der Waals surface area contributed by atoms with Gasteiger partial charge in [0.15, 0.2) is 0 Å². The lowest BCUT2D eigenvalue weighted by Gasteiger charge is -2.15. The molecular weight excluding hydrogens is 306 g/mol. The van der Waals surface area contributed by atoms with Crippen LogP contribution < -0.4 is 0 Å². The Morgan fingerprint density at radius 3 is 2.83 bits per heavy atom. The van der Waals surface area contributed by atoms with Gasteiger partial charge in [0.1, 0.15) is 0 Å². The van der Waals surface area contributed by atoms with Gasteiger partial charge in [-0.3, -0.25) is 9.78 Å². The molecule has 5 heteroatoms. The molecule has 0 fully saturated rings. The van der Waals surface area contributed by atoms with Crippen molar-refractivity contribution in [2.24, 2.45) is 0 Å². The molecule has 3 aromatic heterocycles. The monoisotopic (exact) mass is 327 g/mol. The van der Waals surface area contributed by atoms with Crippen LogP contribution in [0, 0.1) is 0 Å². The number of fused-ring (bicyclic) bond motifs is 1. The van der Waals surface area contributed by atoms with Gasteiger partial charge in [-0.2, -0.15) is 0 Å². The van der Waals surface area contributed by atoms with Crippen molar-refractivity contribution in [2.75, 3.05) is 13.6 Å². The summed E-state index contributed by atoms with van der Waals surface area (Å²) in [4.78, 5) is 19.4. The Morgan fingerprint density at radius 1 is 1.35 bits per heavy atom. The lowest BCUT2D eigenvalue weighted by Crippen LogP contribution is -2.28. The van der Waals surface area contributed by atoms with Crippen LogP contribution in [0.5, 0.6) is 0 Å². The van der Waals surface area contributed by atoms with Crippen molar-refractivity contribution in [3.63, 3.8) is 0 Å². The third-order valence-corrected chi connectivity index (χ3v) is 5.00. The van der Waals surface area contributed by atoms with Crippen LogP contribution in [0.2, 0.25) is 0 Å². The number of thiophene rings is 1. The molecule has 0 radical (unpaired) electrons. The maximum atomic E-state index is 12.6. The lowest BCUT2D eigenvalue weighted by atomic mass is 10.2. The zero-order valence-electron chi connectivity index (χ0n) is 13.7. The van der Waals surface area contributed by atoms with E-state index < -0.39 is 0 Å². The minimum atomic E-state index is 0.0817. The van der Waals surface area contributed by atoms with E-state index in [0.29, 0.717) is 12.6 Å². The van der Waals surface area contributed by atoms with Gasteiger partial charge in [-0.05, 0) is 32.0 Å². The van der Waals surface area contributed by atoms with Gasteiger partial charge in [0.05, 0.1) is 9.58 Å². The summed E-state index contributed by atoms with van der Waals surface area (Å²) in [7, 11) is 1.85. The molecule has 0 atom stereocenters. The smallest absolute Gasteiger partial charge is 0.263 e. The summed E-state index contributed by atoms with van der Waals surface area (Å²) in [5.74, 6) is 0.0817. The molecule has 3 heterocycles. The summed E-state index contributed by atoms with van der Waals surface area (Å²) in [5.41, 5.74) is 1.01. The Labute approximate surface area is 140 Å². The Kier molecular flexibility index (Phi) is 4.48. The Balaban J connectivity index is 1.68. The van der Waals surface area contributed by atoms with Crippen LogP contribution in [0.25, 0.3) is 10.1 Å². The third-order valence-electron chi connectivity index (χ3n) is 3.93. The van der Waals surface area contributed by atoms with Crippen LogP contribution in [-0.2, 0) is 6.42 Å². The SMILES string of the molecule is CC(C)n1cc2cc(C(=O)N(C)CCc3ccccn3)sc2c1. The van der Waals surface area contributed by atoms with Crippen molar-refractivity contribution < 1.29 is 4.79 Å². The minimum absolute atomic E-state index is 0.0817. The highest BCUT2D eigenvalue weighted by atomic mass is 32.1. The maximum absolute atomic E-state index is 12.6. The zero-order chi connectivity index (χ0) is 16.4. The zero-order valence-corrected chi connectivity index (χ0v) is 14.5. The van der Waals surface area contributed by atoms with Gasteiger partial charge in [0.25, 0.3) is 5.91 Å². The average molecular weight is 327 g/mol. The molecule has 3 aromatic rings. The molecule has 0 N–H and O–H groups in total. The molecule has 0 aliphatic rings. The molecule has 0 bridgehead atoms. The molecule has 0 saturated carbocycles. The number of pyridine rings is 1. The standard InChI is InChI=1S/C18H21N3OS/c1-13(2)21-11-14-10-16(23-17(14)12-21)18(22)20(3)9-7-15-6-4-5-8-19-15/h4-6,8,10-13H,7,9H2,1-3H3. The molecule has 23 heavy (non-hydrogen) atoms. The van der Waals surface area contributed by atoms with E-state index in [-0.39, 0.29) is 5.91 Å². The first-order chi connectivity index (χ1) is 11.0. The van der Waals surface area contributed by atoms with E-state index in [4.69, 9.17) is 0 Å². The number of carbonyl (C=O) groups is 1. The second-order valence-electron chi connectivity index (χ2n) is 6.03. The summed E-state index contributed by atoms with van der Waals surface area (Å²) in [6.07, 6.45) is 6.79. The van der Waals surface area contributed by atoms with Crippen LogP contribution in [0.1, 0.15) is 35.3 Å². The fourth-order valence-electron chi connectivity index (χ4n) is 2.48.